The molecule has 2 N–H and O–H groups in total. The Morgan fingerprint density at radius 2 is 2.00 bits per heavy atom. The lowest BCUT2D eigenvalue weighted by Gasteiger charge is -2.20. The molecule has 0 aliphatic heterocycles. The molecule has 1 aliphatic rings. The summed E-state index contributed by atoms with van der Waals surface area (Å²) in [5.41, 5.74) is 0. The SMILES string of the molecule is CC(O)CCC(=O)N[C@@H](C)C1CCCC1. The zero-order valence-corrected chi connectivity index (χ0v) is 9.83. The molecule has 0 aromatic rings. The summed E-state index contributed by atoms with van der Waals surface area (Å²) in [6.45, 7) is 3.81. The van der Waals surface area contributed by atoms with Crippen molar-refractivity contribution in [3.05, 3.63) is 0 Å². The topological polar surface area (TPSA) is 49.3 Å². The van der Waals surface area contributed by atoms with Crippen LogP contribution in [0.2, 0.25) is 0 Å². The highest BCUT2D eigenvalue weighted by Crippen LogP contribution is 2.27. The average Bonchev–Trinajstić information content (AvgIpc) is 2.67. The molecule has 0 heterocycles. The van der Waals surface area contributed by atoms with E-state index < -0.39 is 0 Å². The van der Waals surface area contributed by atoms with Crippen LogP contribution in [0.3, 0.4) is 0 Å². The number of carbonyl (C=O) groups is 1. The van der Waals surface area contributed by atoms with Gasteiger partial charge in [0.1, 0.15) is 0 Å². The van der Waals surface area contributed by atoms with Gasteiger partial charge in [0.05, 0.1) is 6.10 Å². The van der Waals surface area contributed by atoms with Crippen molar-refractivity contribution in [2.45, 2.75) is 64.5 Å². The number of nitrogens with one attached hydrogen (secondary N) is 1. The summed E-state index contributed by atoms with van der Waals surface area (Å²) in [5, 5.41) is 12.1. The molecular weight excluding hydrogens is 190 g/mol. The monoisotopic (exact) mass is 213 g/mol. The van der Waals surface area contributed by atoms with E-state index in [1.807, 2.05) is 0 Å². The fourth-order valence-electron chi connectivity index (χ4n) is 2.24. The molecule has 1 aliphatic carbocycles. The van der Waals surface area contributed by atoms with Crippen LogP contribution in [0, 0.1) is 5.92 Å². The van der Waals surface area contributed by atoms with Gasteiger partial charge in [0.25, 0.3) is 0 Å². The van der Waals surface area contributed by atoms with E-state index in [0.29, 0.717) is 24.8 Å². The Kier molecular flexibility index (Phi) is 5.09. The number of carbonyl (C=O) groups excluding carboxylic acids is 1. The van der Waals surface area contributed by atoms with Crippen molar-refractivity contribution in [1.29, 1.82) is 0 Å². The van der Waals surface area contributed by atoms with E-state index in [1.54, 1.807) is 6.92 Å². The van der Waals surface area contributed by atoms with Gasteiger partial charge in [-0.1, -0.05) is 12.8 Å². The second-order valence-corrected chi connectivity index (χ2v) is 4.79. The molecule has 1 unspecified atom stereocenters. The maximum atomic E-state index is 11.5. The van der Waals surface area contributed by atoms with Gasteiger partial charge in [0.2, 0.25) is 5.91 Å². The molecule has 0 bridgehead atoms. The van der Waals surface area contributed by atoms with E-state index in [9.17, 15) is 4.79 Å². The van der Waals surface area contributed by atoms with E-state index in [0.717, 1.165) is 0 Å². The summed E-state index contributed by atoms with van der Waals surface area (Å²) in [7, 11) is 0. The van der Waals surface area contributed by atoms with Gasteiger partial charge in [0.15, 0.2) is 0 Å². The van der Waals surface area contributed by atoms with Gasteiger partial charge in [-0.3, -0.25) is 4.79 Å². The Bertz CT molecular complexity index is 198. The largest absolute Gasteiger partial charge is 0.393 e. The Hall–Kier alpha value is -0.570. The Labute approximate surface area is 92.3 Å². The molecular formula is C12H23NO2. The first kappa shape index (κ1) is 12.5. The summed E-state index contributed by atoms with van der Waals surface area (Å²) in [6, 6.07) is 0.300. The van der Waals surface area contributed by atoms with Crippen molar-refractivity contribution in [3.63, 3.8) is 0 Å². The van der Waals surface area contributed by atoms with E-state index in [-0.39, 0.29) is 12.0 Å². The molecule has 1 fully saturated rings. The molecule has 0 saturated heterocycles. The molecule has 1 saturated carbocycles. The van der Waals surface area contributed by atoms with Crippen LogP contribution in [0.25, 0.3) is 0 Å². The lowest BCUT2D eigenvalue weighted by molar-refractivity contribution is -0.122. The number of rotatable bonds is 5. The highest BCUT2D eigenvalue weighted by molar-refractivity contribution is 5.76. The van der Waals surface area contributed by atoms with Gasteiger partial charge in [-0.25, -0.2) is 0 Å². The van der Waals surface area contributed by atoms with Crippen LogP contribution in [0.15, 0.2) is 0 Å². The minimum absolute atomic E-state index is 0.0790. The predicted octanol–water partition coefficient (Wildman–Crippen LogP) is 1.84. The first-order valence-electron chi connectivity index (χ1n) is 6.07. The van der Waals surface area contributed by atoms with Gasteiger partial charge >= 0.3 is 0 Å². The molecule has 15 heavy (non-hydrogen) atoms. The minimum Gasteiger partial charge on any atom is -0.393 e. The molecule has 3 nitrogen and oxygen atoms in total. The zero-order chi connectivity index (χ0) is 11.3. The van der Waals surface area contributed by atoms with Crippen molar-refractivity contribution in [2.24, 2.45) is 5.92 Å². The third-order valence-corrected chi connectivity index (χ3v) is 3.28. The van der Waals surface area contributed by atoms with Crippen molar-refractivity contribution < 1.29 is 9.90 Å². The van der Waals surface area contributed by atoms with Crippen LogP contribution in [-0.4, -0.2) is 23.2 Å². The second-order valence-electron chi connectivity index (χ2n) is 4.79. The van der Waals surface area contributed by atoms with E-state index in [4.69, 9.17) is 5.11 Å². The highest BCUT2D eigenvalue weighted by atomic mass is 16.3. The highest BCUT2D eigenvalue weighted by Gasteiger charge is 2.22. The summed E-state index contributed by atoms with van der Waals surface area (Å²) in [5.74, 6) is 0.746. The lowest BCUT2D eigenvalue weighted by Crippen LogP contribution is -2.37. The summed E-state index contributed by atoms with van der Waals surface area (Å²) >= 11 is 0. The normalized spacial score (nSPS) is 21.3. The fourth-order valence-corrected chi connectivity index (χ4v) is 2.24. The molecule has 1 rings (SSSR count). The van der Waals surface area contributed by atoms with Crippen molar-refractivity contribution >= 4 is 5.91 Å². The van der Waals surface area contributed by atoms with Crippen molar-refractivity contribution in [2.75, 3.05) is 0 Å². The number of amides is 1. The average molecular weight is 213 g/mol. The summed E-state index contributed by atoms with van der Waals surface area (Å²) in [4.78, 5) is 11.5. The van der Waals surface area contributed by atoms with Crippen molar-refractivity contribution in [3.8, 4) is 0 Å². The first-order valence-corrected chi connectivity index (χ1v) is 6.07. The van der Waals surface area contributed by atoms with Gasteiger partial charge in [-0.2, -0.15) is 0 Å². The summed E-state index contributed by atoms with van der Waals surface area (Å²) in [6.07, 6.45) is 5.72. The fraction of sp³-hybridized carbons (Fsp3) is 0.917. The van der Waals surface area contributed by atoms with Crippen LogP contribution in [0.5, 0.6) is 0 Å². The van der Waals surface area contributed by atoms with E-state index >= 15 is 0 Å². The number of hydrogen-bond donors (Lipinski definition) is 2. The minimum atomic E-state index is -0.377. The second kappa shape index (κ2) is 6.11. The zero-order valence-electron chi connectivity index (χ0n) is 9.83. The van der Waals surface area contributed by atoms with Gasteiger partial charge in [0, 0.05) is 12.5 Å². The van der Waals surface area contributed by atoms with Crippen molar-refractivity contribution in [1.82, 2.24) is 5.32 Å². The molecule has 0 spiro atoms. The molecule has 3 heteroatoms. The summed E-state index contributed by atoms with van der Waals surface area (Å²) < 4.78 is 0. The van der Waals surface area contributed by atoms with E-state index in [1.165, 1.54) is 25.7 Å². The molecule has 88 valence electrons. The predicted molar refractivity (Wildman–Crippen MR) is 60.5 cm³/mol. The Balaban J connectivity index is 2.18. The molecule has 0 radical (unpaired) electrons. The lowest BCUT2D eigenvalue weighted by atomic mass is 9.99. The van der Waals surface area contributed by atoms with E-state index in [2.05, 4.69) is 12.2 Å². The number of aliphatic hydroxyl groups is 1. The van der Waals surface area contributed by atoms with Gasteiger partial charge in [-0.05, 0) is 39.0 Å². The van der Waals surface area contributed by atoms with Crippen LogP contribution >= 0.6 is 0 Å². The number of aliphatic hydroxyl groups excluding tert-OH is 1. The van der Waals surface area contributed by atoms with Crippen LogP contribution in [0.4, 0.5) is 0 Å². The first-order chi connectivity index (χ1) is 7.09. The molecule has 0 aromatic heterocycles. The third-order valence-electron chi connectivity index (χ3n) is 3.28. The van der Waals surface area contributed by atoms with Crippen LogP contribution < -0.4 is 5.32 Å². The van der Waals surface area contributed by atoms with Gasteiger partial charge < -0.3 is 10.4 Å². The van der Waals surface area contributed by atoms with Crippen LogP contribution in [-0.2, 0) is 4.79 Å². The quantitative estimate of drug-likeness (QED) is 0.732. The molecule has 0 aromatic carbocycles. The maximum Gasteiger partial charge on any atom is 0.220 e. The maximum absolute atomic E-state index is 11.5. The Morgan fingerprint density at radius 3 is 2.53 bits per heavy atom. The molecule has 1 amide bonds. The Morgan fingerprint density at radius 1 is 1.40 bits per heavy atom. The van der Waals surface area contributed by atoms with Crippen LogP contribution in [0.1, 0.15) is 52.4 Å². The third kappa shape index (κ3) is 4.65. The number of hydrogen-bond acceptors (Lipinski definition) is 2. The molecule has 2 atom stereocenters. The smallest absolute Gasteiger partial charge is 0.220 e. The van der Waals surface area contributed by atoms with Gasteiger partial charge in [-0.15, -0.1) is 0 Å². The standard InChI is InChI=1S/C12H23NO2/c1-9(14)7-8-12(15)13-10(2)11-5-3-4-6-11/h9-11,14H,3-8H2,1-2H3,(H,13,15)/t9?,10-/m0/s1.